The van der Waals surface area contributed by atoms with E-state index in [-0.39, 0.29) is 5.78 Å². The molecule has 1 saturated carbocycles. The Morgan fingerprint density at radius 1 is 1.18 bits per heavy atom. The van der Waals surface area contributed by atoms with Crippen molar-refractivity contribution in [2.75, 3.05) is 0 Å². The average Bonchev–Trinajstić information content (AvgIpc) is 1.87. The lowest BCUT2D eigenvalue weighted by molar-refractivity contribution is -0.114. The Bertz CT molecular complexity index is 102. The zero-order chi connectivity index (χ0) is 8.69. The first-order valence-electron chi connectivity index (χ1n) is 4.35. The monoisotopic (exact) mass is 157 g/mol. The molecule has 0 atom stereocenters. The van der Waals surface area contributed by atoms with Gasteiger partial charge in [-0.3, -0.25) is 0 Å². The summed E-state index contributed by atoms with van der Waals surface area (Å²) in [5.74, 6) is 0.167. The van der Waals surface area contributed by atoms with Crippen LogP contribution in [0.4, 0.5) is 0 Å². The van der Waals surface area contributed by atoms with Crippen molar-refractivity contribution < 1.29 is 4.79 Å². The maximum Gasteiger partial charge on any atom is 0.126 e. The lowest BCUT2D eigenvalue weighted by atomic mass is 9.97. The van der Waals surface area contributed by atoms with Gasteiger partial charge in [0, 0.05) is 6.04 Å². The molecular weight excluding hydrogens is 138 g/mol. The van der Waals surface area contributed by atoms with Crippen LogP contribution >= 0.6 is 0 Å². The fourth-order valence-electron chi connectivity index (χ4n) is 1.13. The van der Waals surface area contributed by atoms with E-state index in [4.69, 9.17) is 5.73 Å². The van der Waals surface area contributed by atoms with Crippen molar-refractivity contribution >= 4 is 5.78 Å². The Morgan fingerprint density at radius 3 is 1.73 bits per heavy atom. The van der Waals surface area contributed by atoms with Crippen LogP contribution in [0.15, 0.2) is 0 Å². The van der Waals surface area contributed by atoms with Crippen molar-refractivity contribution in [3.05, 3.63) is 0 Å². The van der Waals surface area contributed by atoms with Gasteiger partial charge in [0.2, 0.25) is 0 Å². The molecule has 0 spiro atoms. The minimum Gasteiger partial charge on any atom is -0.328 e. The predicted octanol–water partition coefficient (Wildman–Crippen LogP) is 1.87. The molecule has 0 aliphatic heterocycles. The largest absolute Gasteiger partial charge is 0.328 e. The topological polar surface area (TPSA) is 43.1 Å². The molecule has 1 aliphatic carbocycles. The van der Waals surface area contributed by atoms with Crippen molar-refractivity contribution in [3.63, 3.8) is 0 Å². The minimum absolute atomic E-state index is 0.167. The molecule has 66 valence electrons. The van der Waals surface area contributed by atoms with Gasteiger partial charge < -0.3 is 10.5 Å². The molecule has 0 aromatic heterocycles. The lowest BCUT2D eigenvalue weighted by Crippen LogP contribution is -2.22. The fraction of sp³-hybridized carbons (Fsp3) is 0.889. The third-order valence-corrected chi connectivity index (χ3v) is 1.65. The van der Waals surface area contributed by atoms with E-state index in [2.05, 4.69) is 0 Å². The van der Waals surface area contributed by atoms with Crippen LogP contribution in [0.25, 0.3) is 0 Å². The molecular formula is C9H19NO. The van der Waals surface area contributed by atoms with E-state index in [9.17, 15) is 4.79 Å². The number of rotatable bonds is 0. The van der Waals surface area contributed by atoms with E-state index in [0.717, 1.165) is 0 Å². The number of hydrogen-bond acceptors (Lipinski definition) is 2. The smallest absolute Gasteiger partial charge is 0.126 e. The van der Waals surface area contributed by atoms with E-state index in [1.54, 1.807) is 0 Å². The van der Waals surface area contributed by atoms with Crippen LogP contribution in [0.3, 0.4) is 0 Å². The normalized spacial score (nSPS) is 18.5. The summed E-state index contributed by atoms with van der Waals surface area (Å²) in [4.78, 5) is 9.44. The molecule has 0 unspecified atom stereocenters. The molecule has 1 rings (SSSR count). The zero-order valence-corrected chi connectivity index (χ0v) is 7.60. The molecule has 0 saturated heterocycles. The highest BCUT2D eigenvalue weighted by atomic mass is 16.1. The molecule has 0 aromatic carbocycles. The van der Waals surface area contributed by atoms with Gasteiger partial charge in [-0.25, -0.2) is 0 Å². The quantitative estimate of drug-likeness (QED) is 0.583. The van der Waals surface area contributed by atoms with E-state index >= 15 is 0 Å². The third kappa shape index (κ3) is 9.63. The standard InChI is InChI=1S/C6H13N.C3H6O/c7-6-4-2-1-3-5-6;1-3(2)4/h6H,1-5,7H2;1-2H3. The van der Waals surface area contributed by atoms with E-state index in [0.29, 0.717) is 6.04 Å². The lowest BCUT2D eigenvalue weighted by Gasteiger charge is -2.15. The number of nitrogens with two attached hydrogens (primary N) is 1. The summed E-state index contributed by atoms with van der Waals surface area (Å²) >= 11 is 0. The molecule has 2 N–H and O–H groups in total. The van der Waals surface area contributed by atoms with Gasteiger partial charge in [-0.2, -0.15) is 0 Å². The number of carbonyl (C=O) groups excluding carboxylic acids is 1. The number of carbonyl (C=O) groups is 1. The summed E-state index contributed by atoms with van der Waals surface area (Å²) in [7, 11) is 0. The summed E-state index contributed by atoms with van der Waals surface area (Å²) in [6.45, 7) is 3.06. The van der Waals surface area contributed by atoms with Crippen LogP contribution in [0, 0.1) is 0 Å². The molecule has 0 amide bonds. The van der Waals surface area contributed by atoms with Gasteiger partial charge in [0.05, 0.1) is 0 Å². The van der Waals surface area contributed by atoms with Crippen molar-refractivity contribution in [2.45, 2.75) is 52.0 Å². The summed E-state index contributed by atoms with van der Waals surface area (Å²) in [5.41, 5.74) is 5.63. The van der Waals surface area contributed by atoms with Crippen LogP contribution in [-0.4, -0.2) is 11.8 Å². The van der Waals surface area contributed by atoms with Gasteiger partial charge in [0.25, 0.3) is 0 Å². The Labute approximate surface area is 69.2 Å². The first-order chi connectivity index (χ1) is 5.13. The van der Waals surface area contributed by atoms with Crippen LogP contribution in [-0.2, 0) is 4.79 Å². The van der Waals surface area contributed by atoms with Gasteiger partial charge in [0.15, 0.2) is 0 Å². The number of hydrogen-bond donors (Lipinski definition) is 1. The van der Waals surface area contributed by atoms with Gasteiger partial charge >= 0.3 is 0 Å². The van der Waals surface area contributed by atoms with Gasteiger partial charge in [-0.1, -0.05) is 19.3 Å². The average molecular weight is 157 g/mol. The maximum atomic E-state index is 9.44. The summed E-state index contributed by atoms with van der Waals surface area (Å²) in [6.07, 6.45) is 6.66. The van der Waals surface area contributed by atoms with Crippen molar-refractivity contribution in [1.82, 2.24) is 0 Å². The molecule has 0 bridgehead atoms. The summed E-state index contributed by atoms with van der Waals surface area (Å²) < 4.78 is 0. The van der Waals surface area contributed by atoms with Gasteiger partial charge in [-0.15, -0.1) is 0 Å². The first kappa shape index (κ1) is 10.6. The highest BCUT2D eigenvalue weighted by Gasteiger charge is 2.06. The van der Waals surface area contributed by atoms with Crippen molar-refractivity contribution in [1.29, 1.82) is 0 Å². The fourth-order valence-corrected chi connectivity index (χ4v) is 1.13. The molecule has 1 aliphatic rings. The molecule has 2 heteroatoms. The Hall–Kier alpha value is -0.370. The Balaban J connectivity index is 0.000000218. The van der Waals surface area contributed by atoms with Crippen molar-refractivity contribution in [2.24, 2.45) is 5.73 Å². The second-order valence-electron chi connectivity index (χ2n) is 3.31. The highest BCUT2D eigenvalue weighted by molar-refractivity contribution is 5.72. The second-order valence-corrected chi connectivity index (χ2v) is 3.31. The second kappa shape index (κ2) is 6.35. The molecule has 0 heterocycles. The maximum absolute atomic E-state index is 9.44. The van der Waals surface area contributed by atoms with Gasteiger partial charge in [0.1, 0.15) is 5.78 Å². The third-order valence-electron chi connectivity index (χ3n) is 1.65. The minimum atomic E-state index is 0.167. The van der Waals surface area contributed by atoms with Crippen LogP contribution in [0.1, 0.15) is 46.0 Å². The Kier molecular flexibility index (Phi) is 6.13. The molecule has 11 heavy (non-hydrogen) atoms. The SMILES string of the molecule is CC(C)=O.NC1CCCCC1. The number of Topliss-reactive ketones (excluding diaryl/α,β-unsaturated/α-hetero) is 1. The van der Waals surface area contributed by atoms with Gasteiger partial charge in [-0.05, 0) is 26.7 Å². The van der Waals surface area contributed by atoms with E-state index < -0.39 is 0 Å². The number of ketones is 1. The van der Waals surface area contributed by atoms with E-state index in [1.807, 2.05) is 0 Å². The van der Waals surface area contributed by atoms with Crippen LogP contribution in [0.2, 0.25) is 0 Å². The zero-order valence-electron chi connectivity index (χ0n) is 7.60. The summed E-state index contributed by atoms with van der Waals surface area (Å²) in [5, 5.41) is 0. The Morgan fingerprint density at radius 2 is 1.55 bits per heavy atom. The molecule has 2 nitrogen and oxygen atoms in total. The molecule has 1 fully saturated rings. The van der Waals surface area contributed by atoms with Crippen molar-refractivity contribution in [3.8, 4) is 0 Å². The highest BCUT2D eigenvalue weighted by Crippen LogP contribution is 2.14. The summed E-state index contributed by atoms with van der Waals surface area (Å²) in [6, 6.07) is 0.536. The molecule has 0 aromatic rings. The predicted molar refractivity (Wildman–Crippen MR) is 47.4 cm³/mol. The van der Waals surface area contributed by atoms with E-state index in [1.165, 1.54) is 46.0 Å². The molecule has 0 radical (unpaired) electrons. The first-order valence-corrected chi connectivity index (χ1v) is 4.35. The van der Waals surface area contributed by atoms with Crippen LogP contribution in [0.5, 0.6) is 0 Å². The van der Waals surface area contributed by atoms with Crippen LogP contribution < -0.4 is 5.73 Å².